The van der Waals surface area contributed by atoms with E-state index in [0.717, 1.165) is 32.1 Å². The molecular weight excluding hydrogens is 262 g/mol. The van der Waals surface area contributed by atoms with Gasteiger partial charge >= 0.3 is 0 Å². The lowest BCUT2D eigenvalue weighted by Crippen LogP contribution is -2.56. The summed E-state index contributed by atoms with van der Waals surface area (Å²) in [5.41, 5.74) is 5.75. The van der Waals surface area contributed by atoms with E-state index >= 15 is 0 Å². The van der Waals surface area contributed by atoms with E-state index in [4.69, 9.17) is 5.73 Å². The molecule has 0 aromatic heterocycles. The fraction of sp³-hybridized carbons (Fsp3) is 1.00. The highest BCUT2D eigenvalue weighted by atomic mass is 32.2. The Morgan fingerprint density at radius 3 is 2.47 bits per heavy atom. The molecule has 2 N–H and O–H groups in total. The van der Waals surface area contributed by atoms with Crippen LogP contribution in [0.2, 0.25) is 0 Å². The molecule has 2 rings (SSSR count). The van der Waals surface area contributed by atoms with Crippen molar-refractivity contribution in [2.75, 3.05) is 19.6 Å². The summed E-state index contributed by atoms with van der Waals surface area (Å²) in [5, 5.41) is 0. The standard InChI is InChI=1S/C13H27N3O2S/c1-11-6-8-15(12(2)9-11)19(17,18)16-7-4-3-5-13(16)10-14/h11-13H,3-10,14H2,1-2H3. The van der Waals surface area contributed by atoms with Gasteiger partial charge in [-0.1, -0.05) is 13.3 Å². The highest BCUT2D eigenvalue weighted by Crippen LogP contribution is 2.29. The molecule has 5 nitrogen and oxygen atoms in total. The molecule has 2 aliphatic rings. The summed E-state index contributed by atoms with van der Waals surface area (Å²) >= 11 is 0. The van der Waals surface area contributed by atoms with Crippen molar-refractivity contribution in [2.24, 2.45) is 11.7 Å². The van der Waals surface area contributed by atoms with Crippen molar-refractivity contribution in [2.45, 2.75) is 58.0 Å². The molecule has 0 bridgehead atoms. The molecule has 0 aromatic carbocycles. The van der Waals surface area contributed by atoms with E-state index in [1.807, 2.05) is 6.92 Å². The van der Waals surface area contributed by atoms with Gasteiger partial charge in [-0.3, -0.25) is 0 Å². The SMILES string of the molecule is CC1CCN(S(=O)(=O)N2CCCCC2CN)C(C)C1. The molecule has 2 saturated heterocycles. The van der Waals surface area contributed by atoms with Crippen LogP contribution in [0.15, 0.2) is 0 Å². The summed E-state index contributed by atoms with van der Waals surface area (Å²) in [4.78, 5) is 0. The summed E-state index contributed by atoms with van der Waals surface area (Å²) in [6, 6.07) is 0.0967. The minimum Gasteiger partial charge on any atom is -0.329 e. The number of hydrogen-bond acceptors (Lipinski definition) is 3. The first-order valence-corrected chi connectivity index (χ1v) is 8.85. The van der Waals surface area contributed by atoms with Gasteiger partial charge in [-0.2, -0.15) is 17.0 Å². The molecular formula is C13H27N3O2S. The van der Waals surface area contributed by atoms with Crippen LogP contribution >= 0.6 is 0 Å². The number of nitrogens with zero attached hydrogens (tertiary/aromatic N) is 2. The van der Waals surface area contributed by atoms with Gasteiger partial charge in [0.2, 0.25) is 0 Å². The van der Waals surface area contributed by atoms with E-state index in [0.29, 0.717) is 25.6 Å². The Bertz CT molecular complexity index is 399. The molecule has 2 heterocycles. The van der Waals surface area contributed by atoms with Gasteiger partial charge in [0, 0.05) is 31.7 Å². The van der Waals surface area contributed by atoms with Gasteiger partial charge in [-0.05, 0) is 38.5 Å². The Morgan fingerprint density at radius 2 is 1.84 bits per heavy atom. The maximum absolute atomic E-state index is 12.8. The lowest BCUT2D eigenvalue weighted by atomic mass is 9.95. The summed E-state index contributed by atoms with van der Waals surface area (Å²) in [5.74, 6) is 0.619. The second kappa shape index (κ2) is 6.08. The number of hydrogen-bond donors (Lipinski definition) is 1. The first-order valence-electron chi connectivity index (χ1n) is 7.45. The molecule has 3 unspecified atom stereocenters. The molecule has 112 valence electrons. The molecule has 0 aromatic rings. The zero-order valence-corrected chi connectivity index (χ0v) is 12.9. The minimum absolute atomic E-state index is 0.00898. The molecule has 3 atom stereocenters. The van der Waals surface area contributed by atoms with E-state index < -0.39 is 10.2 Å². The van der Waals surface area contributed by atoms with Crippen LogP contribution in [0.3, 0.4) is 0 Å². The summed E-state index contributed by atoms with van der Waals surface area (Å²) < 4.78 is 29.0. The van der Waals surface area contributed by atoms with Crippen LogP contribution in [0.5, 0.6) is 0 Å². The molecule has 0 spiro atoms. The van der Waals surface area contributed by atoms with E-state index in [-0.39, 0.29) is 12.1 Å². The van der Waals surface area contributed by atoms with Gasteiger partial charge in [0.15, 0.2) is 0 Å². The Balaban J connectivity index is 2.16. The van der Waals surface area contributed by atoms with Gasteiger partial charge in [0.25, 0.3) is 10.2 Å². The summed E-state index contributed by atoms with van der Waals surface area (Å²) in [7, 11) is -3.33. The van der Waals surface area contributed by atoms with Crippen molar-refractivity contribution in [3.8, 4) is 0 Å². The highest BCUT2D eigenvalue weighted by molar-refractivity contribution is 7.86. The predicted molar refractivity (Wildman–Crippen MR) is 76.9 cm³/mol. The molecule has 6 heteroatoms. The lowest BCUT2D eigenvalue weighted by molar-refractivity contribution is 0.183. The highest BCUT2D eigenvalue weighted by Gasteiger charge is 2.39. The summed E-state index contributed by atoms with van der Waals surface area (Å²) in [6.45, 7) is 5.93. The van der Waals surface area contributed by atoms with Crippen LogP contribution < -0.4 is 5.73 Å². The molecule has 0 radical (unpaired) electrons. The number of piperidine rings is 2. The molecule has 2 aliphatic heterocycles. The van der Waals surface area contributed by atoms with Crippen LogP contribution in [-0.2, 0) is 10.2 Å². The molecule has 0 saturated carbocycles. The van der Waals surface area contributed by atoms with Gasteiger partial charge in [0.1, 0.15) is 0 Å². The van der Waals surface area contributed by atoms with Crippen LogP contribution in [0.25, 0.3) is 0 Å². The van der Waals surface area contributed by atoms with Crippen molar-refractivity contribution in [1.29, 1.82) is 0 Å². The second-order valence-electron chi connectivity index (χ2n) is 6.09. The van der Waals surface area contributed by atoms with E-state index in [1.54, 1.807) is 8.61 Å². The first-order chi connectivity index (χ1) is 8.96. The van der Waals surface area contributed by atoms with E-state index in [2.05, 4.69) is 6.92 Å². The Morgan fingerprint density at radius 1 is 1.11 bits per heavy atom. The third kappa shape index (κ3) is 3.12. The minimum atomic E-state index is -3.33. The Kier molecular flexibility index (Phi) is 4.87. The monoisotopic (exact) mass is 289 g/mol. The van der Waals surface area contributed by atoms with E-state index in [9.17, 15) is 8.42 Å². The van der Waals surface area contributed by atoms with Crippen molar-refractivity contribution in [3.05, 3.63) is 0 Å². The van der Waals surface area contributed by atoms with Crippen molar-refractivity contribution in [3.63, 3.8) is 0 Å². The quantitative estimate of drug-likeness (QED) is 0.848. The van der Waals surface area contributed by atoms with Gasteiger partial charge in [-0.15, -0.1) is 0 Å². The van der Waals surface area contributed by atoms with Crippen molar-refractivity contribution < 1.29 is 8.42 Å². The smallest absolute Gasteiger partial charge is 0.282 e. The fourth-order valence-corrected chi connectivity index (χ4v) is 5.45. The Hall–Kier alpha value is -0.170. The maximum atomic E-state index is 12.8. The number of rotatable bonds is 3. The average Bonchev–Trinajstić information content (AvgIpc) is 2.38. The van der Waals surface area contributed by atoms with E-state index in [1.165, 1.54) is 0 Å². The fourth-order valence-electron chi connectivity index (χ4n) is 3.38. The van der Waals surface area contributed by atoms with Gasteiger partial charge in [0.05, 0.1) is 0 Å². The molecule has 0 amide bonds. The van der Waals surface area contributed by atoms with Crippen molar-refractivity contribution >= 4 is 10.2 Å². The lowest BCUT2D eigenvalue weighted by Gasteiger charge is -2.42. The van der Waals surface area contributed by atoms with Crippen molar-refractivity contribution in [1.82, 2.24) is 8.61 Å². The van der Waals surface area contributed by atoms with Crippen LogP contribution in [-0.4, -0.2) is 48.7 Å². The predicted octanol–water partition coefficient (Wildman–Crippen LogP) is 1.16. The molecule has 19 heavy (non-hydrogen) atoms. The third-order valence-electron chi connectivity index (χ3n) is 4.52. The second-order valence-corrected chi connectivity index (χ2v) is 7.93. The molecule has 0 aliphatic carbocycles. The topological polar surface area (TPSA) is 66.6 Å². The Labute approximate surface area is 117 Å². The van der Waals surface area contributed by atoms with Gasteiger partial charge in [-0.25, -0.2) is 0 Å². The first kappa shape index (κ1) is 15.2. The zero-order chi connectivity index (χ0) is 14.0. The van der Waals surface area contributed by atoms with Crippen LogP contribution in [0.1, 0.15) is 46.0 Å². The van der Waals surface area contributed by atoms with Crippen LogP contribution in [0, 0.1) is 5.92 Å². The zero-order valence-electron chi connectivity index (χ0n) is 12.1. The average molecular weight is 289 g/mol. The maximum Gasteiger partial charge on any atom is 0.282 e. The normalized spacial score (nSPS) is 35.4. The summed E-state index contributed by atoms with van der Waals surface area (Å²) in [6.07, 6.45) is 4.86. The number of nitrogens with two attached hydrogens (primary N) is 1. The van der Waals surface area contributed by atoms with Crippen LogP contribution in [0.4, 0.5) is 0 Å². The molecule has 2 fully saturated rings. The van der Waals surface area contributed by atoms with Gasteiger partial charge < -0.3 is 5.73 Å². The largest absolute Gasteiger partial charge is 0.329 e. The third-order valence-corrected chi connectivity index (χ3v) is 6.72.